The van der Waals surface area contributed by atoms with Gasteiger partial charge in [-0.3, -0.25) is 0 Å². The average molecular weight is 230 g/mol. The van der Waals surface area contributed by atoms with Gasteiger partial charge in [0.15, 0.2) is 0 Å². The molecule has 0 aliphatic carbocycles. The van der Waals surface area contributed by atoms with Crippen LogP contribution in [-0.2, 0) is 4.74 Å². The van der Waals surface area contributed by atoms with E-state index in [-0.39, 0.29) is 24.8 Å². The maximum Gasteiger partial charge on any atom is 0.410 e. The van der Waals surface area contributed by atoms with Gasteiger partial charge in [0.1, 0.15) is 5.60 Å². The zero-order valence-corrected chi connectivity index (χ0v) is 10.3. The Morgan fingerprint density at radius 1 is 1.50 bits per heavy atom. The van der Waals surface area contributed by atoms with E-state index in [9.17, 15) is 9.90 Å². The number of aliphatic hydroxyl groups is 1. The van der Waals surface area contributed by atoms with Crippen LogP contribution in [0.15, 0.2) is 0 Å². The minimum Gasteiger partial charge on any atom is -0.444 e. The monoisotopic (exact) mass is 230 g/mol. The predicted octanol–water partition coefficient (Wildman–Crippen LogP) is 0.705. The van der Waals surface area contributed by atoms with Crippen LogP contribution in [-0.4, -0.2) is 46.9 Å². The lowest BCUT2D eigenvalue weighted by molar-refractivity contribution is -0.000644. The number of piperidine rings is 1. The van der Waals surface area contributed by atoms with E-state index < -0.39 is 5.60 Å². The normalized spacial score (nSPS) is 26.7. The van der Waals surface area contributed by atoms with Crippen molar-refractivity contribution in [3.63, 3.8) is 0 Å². The Kier molecular flexibility index (Phi) is 4.15. The molecule has 1 fully saturated rings. The summed E-state index contributed by atoms with van der Waals surface area (Å²) in [4.78, 5) is 13.4. The van der Waals surface area contributed by atoms with Crippen molar-refractivity contribution in [2.75, 3.05) is 13.2 Å². The van der Waals surface area contributed by atoms with Crippen molar-refractivity contribution in [3.8, 4) is 0 Å². The highest BCUT2D eigenvalue weighted by molar-refractivity contribution is 5.68. The minimum atomic E-state index is -0.515. The van der Waals surface area contributed by atoms with E-state index in [4.69, 9.17) is 10.5 Å². The van der Waals surface area contributed by atoms with Gasteiger partial charge in [0.05, 0.1) is 12.6 Å². The summed E-state index contributed by atoms with van der Waals surface area (Å²) in [5.41, 5.74) is 5.30. The Labute approximate surface area is 96.6 Å². The van der Waals surface area contributed by atoms with Crippen LogP contribution in [0.25, 0.3) is 0 Å². The molecule has 0 aromatic carbocycles. The Morgan fingerprint density at radius 2 is 2.12 bits per heavy atom. The second-order valence-electron chi connectivity index (χ2n) is 5.31. The van der Waals surface area contributed by atoms with Gasteiger partial charge < -0.3 is 20.5 Å². The van der Waals surface area contributed by atoms with Crippen molar-refractivity contribution in [2.24, 2.45) is 5.73 Å². The van der Waals surface area contributed by atoms with Gasteiger partial charge in [0.25, 0.3) is 0 Å². The SMILES string of the molecule is CC(C)(C)OC(=O)N1CC(N)CCC1CO. The largest absolute Gasteiger partial charge is 0.444 e. The molecular weight excluding hydrogens is 208 g/mol. The van der Waals surface area contributed by atoms with Crippen LogP contribution in [0, 0.1) is 0 Å². The molecule has 2 unspecified atom stereocenters. The van der Waals surface area contributed by atoms with Gasteiger partial charge in [-0.1, -0.05) is 0 Å². The van der Waals surface area contributed by atoms with Gasteiger partial charge in [-0.05, 0) is 33.6 Å². The van der Waals surface area contributed by atoms with Crippen LogP contribution >= 0.6 is 0 Å². The van der Waals surface area contributed by atoms with Crippen LogP contribution in [0.5, 0.6) is 0 Å². The highest BCUT2D eigenvalue weighted by Gasteiger charge is 2.32. The quantitative estimate of drug-likeness (QED) is 0.695. The molecule has 0 aromatic rings. The molecule has 1 aliphatic rings. The summed E-state index contributed by atoms with van der Waals surface area (Å²) >= 11 is 0. The fourth-order valence-electron chi connectivity index (χ4n) is 1.79. The highest BCUT2D eigenvalue weighted by atomic mass is 16.6. The van der Waals surface area contributed by atoms with E-state index in [2.05, 4.69) is 0 Å². The number of likely N-dealkylation sites (tertiary alicyclic amines) is 1. The summed E-state index contributed by atoms with van der Waals surface area (Å²) < 4.78 is 5.28. The van der Waals surface area contributed by atoms with Gasteiger partial charge in [-0.25, -0.2) is 4.79 Å². The molecule has 0 bridgehead atoms. The Morgan fingerprint density at radius 3 is 2.62 bits per heavy atom. The van der Waals surface area contributed by atoms with Gasteiger partial charge in [-0.15, -0.1) is 0 Å². The number of nitrogens with zero attached hydrogens (tertiary/aromatic N) is 1. The van der Waals surface area contributed by atoms with Crippen LogP contribution < -0.4 is 5.73 Å². The molecular formula is C11H22N2O3. The van der Waals surface area contributed by atoms with Crippen molar-refractivity contribution in [1.29, 1.82) is 0 Å². The van der Waals surface area contributed by atoms with Crippen molar-refractivity contribution >= 4 is 6.09 Å². The van der Waals surface area contributed by atoms with Gasteiger partial charge >= 0.3 is 6.09 Å². The van der Waals surface area contributed by atoms with Crippen molar-refractivity contribution in [3.05, 3.63) is 0 Å². The van der Waals surface area contributed by atoms with Crippen LogP contribution in [0.4, 0.5) is 4.79 Å². The van der Waals surface area contributed by atoms with E-state index >= 15 is 0 Å². The van der Waals surface area contributed by atoms with Crippen molar-refractivity contribution < 1.29 is 14.6 Å². The lowest BCUT2D eigenvalue weighted by atomic mass is 10.00. The smallest absolute Gasteiger partial charge is 0.410 e. The first-order valence-corrected chi connectivity index (χ1v) is 5.69. The second kappa shape index (κ2) is 5.01. The van der Waals surface area contributed by atoms with E-state index in [1.807, 2.05) is 20.8 Å². The van der Waals surface area contributed by atoms with E-state index in [0.717, 1.165) is 12.8 Å². The number of ether oxygens (including phenoxy) is 1. The first-order valence-electron chi connectivity index (χ1n) is 5.69. The zero-order valence-electron chi connectivity index (χ0n) is 10.3. The molecule has 2 atom stereocenters. The van der Waals surface area contributed by atoms with E-state index in [0.29, 0.717) is 6.54 Å². The number of carbonyl (C=O) groups is 1. The van der Waals surface area contributed by atoms with E-state index in [1.54, 1.807) is 4.90 Å². The fourth-order valence-corrected chi connectivity index (χ4v) is 1.79. The number of amides is 1. The molecule has 5 nitrogen and oxygen atoms in total. The van der Waals surface area contributed by atoms with E-state index in [1.165, 1.54) is 0 Å². The highest BCUT2D eigenvalue weighted by Crippen LogP contribution is 2.19. The number of rotatable bonds is 1. The number of nitrogens with two attached hydrogens (primary N) is 1. The number of hydrogen-bond acceptors (Lipinski definition) is 4. The average Bonchev–Trinajstić information content (AvgIpc) is 2.15. The minimum absolute atomic E-state index is 0.0182. The first-order chi connectivity index (χ1) is 7.33. The summed E-state index contributed by atoms with van der Waals surface area (Å²) in [5.74, 6) is 0. The lowest BCUT2D eigenvalue weighted by Gasteiger charge is -2.38. The first kappa shape index (κ1) is 13.3. The number of carbonyl (C=O) groups excluding carboxylic acids is 1. The molecule has 1 heterocycles. The standard InChI is InChI=1S/C11H22N2O3/c1-11(2,3)16-10(15)13-6-8(12)4-5-9(13)7-14/h8-9,14H,4-7,12H2,1-3H3. The molecule has 1 saturated heterocycles. The summed E-state index contributed by atoms with van der Waals surface area (Å²) in [6.07, 6.45) is 1.18. The Hall–Kier alpha value is -0.810. The Balaban J connectivity index is 2.63. The number of aliphatic hydroxyl groups excluding tert-OH is 1. The summed E-state index contributed by atoms with van der Waals surface area (Å²) in [7, 11) is 0. The maximum absolute atomic E-state index is 11.9. The van der Waals surface area contributed by atoms with Crippen LogP contribution in [0.3, 0.4) is 0 Å². The summed E-state index contributed by atoms with van der Waals surface area (Å²) in [5, 5.41) is 9.20. The number of hydrogen-bond donors (Lipinski definition) is 2. The molecule has 94 valence electrons. The third-order valence-corrected chi connectivity index (χ3v) is 2.58. The maximum atomic E-state index is 11.9. The molecule has 0 radical (unpaired) electrons. The molecule has 1 aliphatic heterocycles. The third kappa shape index (κ3) is 3.64. The molecule has 0 aromatic heterocycles. The molecule has 0 spiro atoms. The lowest BCUT2D eigenvalue weighted by Crippen LogP contribution is -2.53. The zero-order chi connectivity index (χ0) is 12.3. The topological polar surface area (TPSA) is 75.8 Å². The van der Waals surface area contributed by atoms with Gasteiger partial charge in [0.2, 0.25) is 0 Å². The Bertz CT molecular complexity index is 250. The predicted molar refractivity (Wildman–Crippen MR) is 61.0 cm³/mol. The van der Waals surface area contributed by atoms with Crippen LogP contribution in [0.1, 0.15) is 33.6 Å². The second-order valence-corrected chi connectivity index (χ2v) is 5.31. The molecule has 3 N–H and O–H groups in total. The van der Waals surface area contributed by atoms with Crippen LogP contribution in [0.2, 0.25) is 0 Å². The molecule has 1 amide bonds. The van der Waals surface area contributed by atoms with Crippen molar-refractivity contribution in [1.82, 2.24) is 4.90 Å². The summed E-state index contributed by atoms with van der Waals surface area (Å²) in [6, 6.07) is -0.176. The van der Waals surface area contributed by atoms with Crippen molar-refractivity contribution in [2.45, 2.75) is 51.3 Å². The molecule has 5 heteroatoms. The van der Waals surface area contributed by atoms with Gasteiger partial charge in [-0.2, -0.15) is 0 Å². The molecule has 1 rings (SSSR count). The molecule has 0 saturated carbocycles. The van der Waals surface area contributed by atoms with Gasteiger partial charge in [0, 0.05) is 12.6 Å². The molecule has 16 heavy (non-hydrogen) atoms. The summed E-state index contributed by atoms with van der Waals surface area (Å²) in [6.45, 7) is 5.89. The third-order valence-electron chi connectivity index (χ3n) is 2.58. The fraction of sp³-hybridized carbons (Fsp3) is 0.909.